The summed E-state index contributed by atoms with van der Waals surface area (Å²) in [5.74, 6) is 0.913. The van der Waals surface area contributed by atoms with Crippen molar-refractivity contribution in [3.63, 3.8) is 0 Å². The molecule has 3 rings (SSSR count). The predicted octanol–water partition coefficient (Wildman–Crippen LogP) is 3.80. The molecule has 1 aliphatic rings. The molecule has 0 bridgehead atoms. The standard InChI is InChI=1S/C19H24N2O2.2ClH/c1-14-19(23-10-9-21(2)3)17-13-22-12-16(17)18(20-14)11-15-7-5-4-6-8-15;;/h4-8H,9-13H2,1-3H3;2*1H. The molecule has 1 aromatic carbocycles. The van der Waals surface area contributed by atoms with E-state index >= 15 is 0 Å². The summed E-state index contributed by atoms with van der Waals surface area (Å²) >= 11 is 0. The minimum absolute atomic E-state index is 0. The van der Waals surface area contributed by atoms with Crippen molar-refractivity contribution in [1.29, 1.82) is 0 Å². The van der Waals surface area contributed by atoms with Gasteiger partial charge < -0.3 is 14.4 Å². The first-order valence-corrected chi connectivity index (χ1v) is 8.05. The van der Waals surface area contributed by atoms with Crippen LogP contribution in [0.5, 0.6) is 5.75 Å². The molecule has 138 valence electrons. The SMILES string of the molecule is Cc1nc(Cc2ccccc2)c2c(c1OCCN(C)C)COC2.Cl.Cl. The van der Waals surface area contributed by atoms with Gasteiger partial charge in [0.05, 0.1) is 24.6 Å². The molecular formula is C19H26Cl2N2O2. The van der Waals surface area contributed by atoms with E-state index in [4.69, 9.17) is 14.5 Å². The van der Waals surface area contributed by atoms with Gasteiger partial charge in [0, 0.05) is 24.1 Å². The van der Waals surface area contributed by atoms with Gasteiger partial charge in [-0.1, -0.05) is 30.3 Å². The topological polar surface area (TPSA) is 34.6 Å². The van der Waals surface area contributed by atoms with Gasteiger partial charge >= 0.3 is 0 Å². The van der Waals surface area contributed by atoms with E-state index in [1.165, 1.54) is 16.7 Å². The van der Waals surface area contributed by atoms with Gasteiger partial charge in [0.1, 0.15) is 12.4 Å². The summed E-state index contributed by atoms with van der Waals surface area (Å²) in [6, 6.07) is 10.5. The fraction of sp³-hybridized carbons (Fsp3) is 0.421. The smallest absolute Gasteiger partial charge is 0.146 e. The summed E-state index contributed by atoms with van der Waals surface area (Å²) in [5.41, 5.74) is 5.73. The second kappa shape index (κ2) is 9.97. The monoisotopic (exact) mass is 384 g/mol. The zero-order chi connectivity index (χ0) is 16.2. The number of likely N-dealkylation sites (N-methyl/N-ethyl adjacent to an activating group) is 1. The molecule has 1 aromatic heterocycles. The molecule has 0 fully saturated rings. The maximum absolute atomic E-state index is 6.01. The fourth-order valence-electron chi connectivity index (χ4n) is 2.89. The highest BCUT2D eigenvalue weighted by Crippen LogP contribution is 2.34. The Kier molecular flexibility index (Phi) is 8.66. The van der Waals surface area contributed by atoms with Gasteiger partial charge in [-0.15, -0.1) is 24.8 Å². The van der Waals surface area contributed by atoms with Crippen LogP contribution in [0.3, 0.4) is 0 Å². The van der Waals surface area contributed by atoms with Crippen molar-refractivity contribution in [1.82, 2.24) is 9.88 Å². The Bertz CT molecular complexity index is 679. The lowest BCUT2D eigenvalue weighted by atomic mass is 10.0. The Morgan fingerprint density at radius 3 is 2.44 bits per heavy atom. The minimum Gasteiger partial charge on any atom is -0.490 e. The molecule has 2 heterocycles. The molecule has 6 heteroatoms. The van der Waals surface area contributed by atoms with Crippen molar-refractivity contribution < 1.29 is 9.47 Å². The third-order valence-electron chi connectivity index (χ3n) is 4.11. The molecule has 4 nitrogen and oxygen atoms in total. The van der Waals surface area contributed by atoms with Crippen LogP contribution in [0.15, 0.2) is 30.3 Å². The van der Waals surface area contributed by atoms with Gasteiger partial charge in [-0.25, -0.2) is 0 Å². The van der Waals surface area contributed by atoms with Crippen LogP contribution in [-0.4, -0.2) is 37.1 Å². The van der Waals surface area contributed by atoms with Crippen LogP contribution in [0.4, 0.5) is 0 Å². The van der Waals surface area contributed by atoms with E-state index in [0.717, 1.165) is 30.1 Å². The minimum atomic E-state index is 0. The highest BCUT2D eigenvalue weighted by molar-refractivity contribution is 5.85. The van der Waals surface area contributed by atoms with Crippen molar-refractivity contribution in [3.8, 4) is 5.75 Å². The molecule has 0 spiro atoms. The lowest BCUT2D eigenvalue weighted by Crippen LogP contribution is -2.20. The predicted molar refractivity (Wildman–Crippen MR) is 105 cm³/mol. The van der Waals surface area contributed by atoms with Crippen molar-refractivity contribution in [2.45, 2.75) is 26.6 Å². The Morgan fingerprint density at radius 2 is 1.76 bits per heavy atom. The second-order valence-electron chi connectivity index (χ2n) is 6.24. The fourth-order valence-corrected chi connectivity index (χ4v) is 2.89. The Balaban J connectivity index is 0.00000156. The molecule has 0 amide bonds. The Morgan fingerprint density at radius 1 is 1.08 bits per heavy atom. The summed E-state index contributed by atoms with van der Waals surface area (Å²) in [7, 11) is 4.09. The number of benzene rings is 1. The second-order valence-corrected chi connectivity index (χ2v) is 6.24. The quantitative estimate of drug-likeness (QED) is 0.758. The summed E-state index contributed by atoms with van der Waals surface area (Å²) in [4.78, 5) is 6.93. The zero-order valence-electron chi connectivity index (χ0n) is 14.9. The number of aryl methyl sites for hydroxylation is 1. The first-order valence-electron chi connectivity index (χ1n) is 8.05. The van der Waals surface area contributed by atoms with Crippen molar-refractivity contribution in [2.75, 3.05) is 27.2 Å². The average Bonchev–Trinajstić information content (AvgIpc) is 3.01. The number of nitrogens with zero attached hydrogens (tertiary/aromatic N) is 2. The van der Waals surface area contributed by atoms with E-state index in [-0.39, 0.29) is 24.8 Å². The van der Waals surface area contributed by atoms with E-state index in [1.54, 1.807) is 0 Å². The molecule has 0 N–H and O–H groups in total. The molecule has 2 aromatic rings. The van der Waals surface area contributed by atoms with Gasteiger partial charge in [0.25, 0.3) is 0 Å². The number of pyridine rings is 1. The largest absolute Gasteiger partial charge is 0.490 e. The number of halogens is 2. The molecule has 0 aliphatic carbocycles. The molecule has 0 unspecified atom stereocenters. The molecule has 0 saturated heterocycles. The third kappa shape index (κ3) is 5.32. The number of hydrogen-bond acceptors (Lipinski definition) is 4. The van der Waals surface area contributed by atoms with Crippen LogP contribution in [0.2, 0.25) is 0 Å². The number of hydrogen-bond donors (Lipinski definition) is 0. The number of rotatable bonds is 6. The normalized spacial score (nSPS) is 12.3. The molecule has 0 radical (unpaired) electrons. The van der Waals surface area contributed by atoms with Crippen LogP contribution in [0.1, 0.15) is 28.1 Å². The van der Waals surface area contributed by atoms with E-state index in [9.17, 15) is 0 Å². The first kappa shape index (κ1) is 21.7. The van der Waals surface area contributed by atoms with Crippen molar-refractivity contribution >= 4 is 24.8 Å². The first-order chi connectivity index (χ1) is 11.1. The lowest BCUT2D eigenvalue weighted by Gasteiger charge is -2.17. The van der Waals surface area contributed by atoms with Gasteiger partial charge in [-0.2, -0.15) is 0 Å². The van der Waals surface area contributed by atoms with Gasteiger partial charge in [-0.3, -0.25) is 4.98 Å². The average molecular weight is 385 g/mol. The van der Waals surface area contributed by atoms with E-state index in [2.05, 4.69) is 29.2 Å². The maximum atomic E-state index is 6.01. The summed E-state index contributed by atoms with van der Waals surface area (Å²) in [5, 5.41) is 0. The molecular weight excluding hydrogens is 359 g/mol. The van der Waals surface area contributed by atoms with Gasteiger partial charge in [0.15, 0.2) is 0 Å². The van der Waals surface area contributed by atoms with E-state index in [0.29, 0.717) is 19.8 Å². The van der Waals surface area contributed by atoms with Crippen LogP contribution < -0.4 is 4.74 Å². The molecule has 0 saturated carbocycles. The zero-order valence-corrected chi connectivity index (χ0v) is 16.6. The number of ether oxygens (including phenoxy) is 2. The van der Waals surface area contributed by atoms with Crippen LogP contribution in [0.25, 0.3) is 0 Å². The number of aromatic nitrogens is 1. The van der Waals surface area contributed by atoms with Crippen molar-refractivity contribution in [2.24, 2.45) is 0 Å². The molecule has 1 aliphatic heterocycles. The highest BCUT2D eigenvalue weighted by atomic mass is 35.5. The summed E-state index contributed by atoms with van der Waals surface area (Å²) < 4.78 is 11.7. The third-order valence-corrected chi connectivity index (χ3v) is 4.11. The van der Waals surface area contributed by atoms with Crippen LogP contribution in [-0.2, 0) is 24.4 Å². The Hall–Kier alpha value is -1.33. The summed E-state index contributed by atoms with van der Waals surface area (Å²) in [6.45, 7) is 4.84. The molecule has 0 atom stereocenters. The van der Waals surface area contributed by atoms with E-state index in [1.807, 2.05) is 27.1 Å². The molecule has 25 heavy (non-hydrogen) atoms. The van der Waals surface area contributed by atoms with Crippen LogP contribution in [0, 0.1) is 6.92 Å². The van der Waals surface area contributed by atoms with Gasteiger partial charge in [0.2, 0.25) is 0 Å². The Labute approximate surface area is 162 Å². The highest BCUT2D eigenvalue weighted by Gasteiger charge is 2.23. The van der Waals surface area contributed by atoms with Crippen molar-refractivity contribution in [3.05, 3.63) is 58.4 Å². The lowest BCUT2D eigenvalue weighted by molar-refractivity contribution is 0.132. The van der Waals surface area contributed by atoms with Gasteiger partial charge in [-0.05, 0) is 26.6 Å². The number of fused-ring (bicyclic) bond motifs is 1. The maximum Gasteiger partial charge on any atom is 0.146 e. The van der Waals surface area contributed by atoms with Crippen LogP contribution >= 0.6 is 24.8 Å². The summed E-state index contributed by atoms with van der Waals surface area (Å²) in [6.07, 6.45) is 0.839. The van der Waals surface area contributed by atoms with E-state index < -0.39 is 0 Å².